The van der Waals surface area contributed by atoms with E-state index in [1.54, 1.807) is 5.10 Å². The maximum Gasteiger partial charge on any atom is 0.433 e. The highest BCUT2D eigenvalue weighted by Crippen LogP contribution is 2.56. The van der Waals surface area contributed by atoms with Crippen molar-refractivity contribution in [1.29, 1.82) is 0 Å². The molecular weight excluding hydrogens is 427 g/mol. The second-order valence-electron chi connectivity index (χ2n) is 6.53. The van der Waals surface area contributed by atoms with Crippen LogP contribution in [0.15, 0.2) is 29.7 Å². The lowest BCUT2D eigenvalue weighted by Crippen LogP contribution is -2.46. The summed E-state index contributed by atoms with van der Waals surface area (Å²) in [4.78, 5) is 36.5. The number of nitrogens with zero attached hydrogens (tertiary/aromatic N) is 2. The van der Waals surface area contributed by atoms with Gasteiger partial charge in [-0.2, -0.15) is 13.2 Å². The number of carbonyl (C=O) groups is 2. The van der Waals surface area contributed by atoms with Crippen LogP contribution in [0.3, 0.4) is 0 Å². The normalized spacial score (nSPS) is 19.5. The fourth-order valence-corrected chi connectivity index (χ4v) is 3.77. The van der Waals surface area contributed by atoms with E-state index in [-0.39, 0.29) is 17.9 Å². The topological polar surface area (TPSA) is 162 Å². The van der Waals surface area contributed by atoms with Gasteiger partial charge in [0, 0.05) is 23.4 Å². The standard InChI is InChI=1S/C17H12F3N5O6/c1-2-30-14(26)10-12(21)31-13-9(11(23-24-13)17(18,19)20)16(10)7-5-6(25(28)29)3-4-8(7)22-15(16)27/h3-5H,2,21H2,1H3,(H,22,27)(H,23,24). The van der Waals surface area contributed by atoms with Crippen molar-refractivity contribution in [1.82, 2.24) is 10.2 Å². The molecule has 0 aliphatic carbocycles. The number of hydrogen-bond acceptors (Lipinski definition) is 8. The van der Waals surface area contributed by atoms with E-state index >= 15 is 0 Å². The number of anilines is 1. The van der Waals surface area contributed by atoms with Crippen molar-refractivity contribution >= 4 is 23.3 Å². The van der Waals surface area contributed by atoms with E-state index in [0.717, 1.165) is 18.2 Å². The minimum Gasteiger partial charge on any atom is -0.462 e. The zero-order valence-electron chi connectivity index (χ0n) is 15.5. The van der Waals surface area contributed by atoms with Crippen molar-refractivity contribution in [3.63, 3.8) is 0 Å². The first-order valence-corrected chi connectivity index (χ1v) is 8.65. The number of ether oxygens (including phenoxy) is 2. The number of fused-ring (bicyclic) bond motifs is 4. The summed E-state index contributed by atoms with van der Waals surface area (Å²) in [6, 6.07) is 3.08. The Hall–Kier alpha value is -4.10. The number of rotatable bonds is 3. The summed E-state index contributed by atoms with van der Waals surface area (Å²) in [6.45, 7) is 1.24. The first-order chi connectivity index (χ1) is 14.5. The molecule has 1 atom stereocenters. The molecule has 2 aliphatic rings. The number of H-pyrrole nitrogens is 1. The molecule has 2 aliphatic heterocycles. The number of aromatic nitrogens is 2. The van der Waals surface area contributed by atoms with E-state index in [2.05, 4.69) is 10.4 Å². The number of alkyl halides is 3. The Morgan fingerprint density at radius 1 is 1.42 bits per heavy atom. The molecule has 14 heteroatoms. The molecule has 1 unspecified atom stereocenters. The third kappa shape index (κ3) is 2.64. The number of aromatic amines is 1. The number of non-ortho nitro benzene ring substituents is 1. The van der Waals surface area contributed by atoms with E-state index in [1.807, 2.05) is 0 Å². The molecule has 1 aromatic heterocycles. The predicted octanol–water partition coefficient (Wildman–Crippen LogP) is 1.70. The van der Waals surface area contributed by atoms with Crippen molar-refractivity contribution in [2.24, 2.45) is 5.73 Å². The monoisotopic (exact) mass is 439 g/mol. The average molecular weight is 439 g/mol. The SMILES string of the molecule is CCOC(=O)C1=C(N)Oc2n[nH]c(C(F)(F)F)c2C12C(=O)Nc1ccc([N+](=O)[O-])cc12. The smallest absolute Gasteiger partial charge is 0.433 e. The molecule has 31 heavy (non-hydrogen) atoms. The van der Waals surface area contributed by atoms with Crippen LogP contribution in [0.4, 0.5) is 24.5 Å². The Morgan fingerprint density at radius 2 is 2.13 bits per heavy atom. The van der Waals surface area contributed by atoms with Gasteiger partial charge >= 0.3 is 12.1 Å². The molecule has 3 heterocycles. The summed E-state index contributed by atoms with van der Waals surface area (Å²) in [5.41, 5.74) is -0.680. The van der Waals surface area contributed by atoms with Crippen LogP contribution in [0.1, 0.15) is 23.7 Å². The largest absolute Gasteiger partial charge is 0.462 e. The van der Waals surface area contributed by atoms with Gasteiger partial charge in [-0.15, -0.1) is 5.10 Å². The molecule has 0 bridgehead atoms. The van der Waals surface area contributed by atoms with Gasteiger partial charge in [0.2, 0.25) is 17.7 Å². The van der Waals surface area contributed by atoms with Crippen LogP contribution in [0.25, 0.3) is 0 Å². The number of nitro groups is 1. The molecule has 11 nitrogen and oxygen atoms in total. The predicted molar refractivity (Wildman–Crippen MR) is 94.6 cm³/mol. The van der Waals surface area contributed by atoms with Crippen molar-refractivity contribution in [2.75, 3.05) is 11.9 Å². The minimum absolute atomic E-state index is 0.0487. The van der Waals surface area contributed by atoms with Crippen LogP contribution in [0, 0.1) is 10.1 Å². The van der Waals surface area contributed by atoms with Gasteiger partial charge in [-0.05, 0) is 13.0 Å². The molecular formula is C17H12F3N5O6. The van der Waals surface area contributed by atoms with Gasteiger partial charge in [-0.25, -0.2) is 4.79 Å². The number of hydrogen-bond donors (Lipinski definition) is 3. The highest BCUT2D eigenvalue weighted by atomic mass is 19.4. The van der Waals surface area contributed by atoms with Crippen LogP contribution in [0.5, 0.6) is 5.88 Å². The number of nitrogens with two attached hydrogens (primary N) is 1. The Labute approximate surface area is 170 Å². The number of benzene rings is 1. The van der Waals surface area contributed by atoms with E-state index < -0.39 is 62.7 Å². The molecule has 2 aromatic rings. The molecule has 162 valence electrons. The Bertz CT molecular complexity index is 1190. The lowest BCUT2D eigenvalue weighted by Gasteiger charge is -2.33. The van der Waals surface area contributed by atoms with Crippen molar-refractivity contribution in [3.8, 4) is 5.88 Å². The Balaban J connectivity index is 2.15. The molecule has 0 saturated heterocycles. The van der Waals surface area contributed by atoms with Crippen LogP contribution in [-0.2, 0) is 25.9 Å². The number of esters is 1. The average Bonchev–Trinajstić information content (AvgIpc) is 3.21. The number of carbonyl (C=O) groups excluding carboxylic acids is 2. The highest BCUT2D eigenvalue weighted by molar-refractivity contribution is 6.17. The van der Waals surface area contributed by atoms with Crippen LogP contribution < -0.4 is 15.8 Å². The van der Waals surface area contributed by atoms with Crippen LogP contribution in [0.2, 0.25) is 0 Å². The van der Waals surface area contributed by atoms with Crippen molar-refractivity contribution in [3.05, 3.63) is 56.6 Å². The fraction of sp³-hybridized carbons (Fsp3) is 0.235. The van der Waals surface area contributed by atoms with Gasteiger partial charge in [0.05, 0.1) is 17.1 Å². The molecule has 4 N–H and O–H groups in total. The number of amides is 1. The lowest BCUT2D eigenvalue weighted by molar-refractivity contribution is -0.384. The zero-order chi connectivity index (χ0) is 22.7. The molecule has 1 spiro atoms. The van der Waals surface area contributed by atoms with E-state index in [4.69, 9.17) is 15.2 Å². The second-order valence-corrected chi connectivity index (χ2v) is 6.53. The highest BCUT2D eigenvalue weighted by Gasteiger charge is 2.63. The summed E-state index contributed by atoms with van der Waals surface area (Å²) in [5.74, 6) is -3.76. The fourth-order valence-electron chi connectivity index (χ4n) is 3.77. The van der Waals surface area contributed by atoms with E-state index in [0.29, 0.717) is 0 Å². The molecule has 0 saturated carbocycles. The van der Waals surface area contributed by atoms with Gasteiger partial charge in [0.1, 0.15) is 16.7 Å². The number of nitrogens with one attached hydrogen (secondary N) is 2. The maximum absolute atomic E-state index is 13.8. The third-order valence-corrected chi connectivity index (χ3v) is 4.91. The Kier molecular flexibility index (Phi) is 4.20. The number of halogens is 3. The second kappa shape index (κ2) is 6.45. The Morgan fingerprint density at radius 3 is 2.74 bits per heavy atom. The van der Waals surface area contributed by atoms with Crippen molar-refractivity contribution < 1.29 is 37.2 Å². The van der Waals surface area contributed by atoms with Gasteiger partial charge in [-0.3, -0.25) is 20.0 Å². The number of nitro benzene ring substituents is 1. The first-order valence-electron chi connectivity index (χ1n) is 8.65. The van der Waals surface area contributed by atoms with E-state index in [1.165, 1.54) is 6.92 Å². The minimum atomic E-state index is -5.05. The molecule has 1 aromatic carbocycles. The summed E-state index contributed by atoms with van der Waals surface area (Å²) >= 11 is 0. The van der Waals surface area contributed by atoms with Crippen LogP contribution >= 0.6 is 0 Å². The van der Waals surface area contributed by atoms with Crippen molar-refractivity contribution in [2.45, 2.75) is 18.5 Å². The zero-order valence-corrected chi connectivity index (χ0v) is 15.5. The van der Waals surface area contributed by atoms with Gasteiger partial charge in [0.25, 0.3) is 5.69 Å². The lowest BCUT2D eigenvalue weighted by atomic mass is 9.68. The summed E-state index contributed by atoms with van der Waals surface area (Å²) in [6.07, 6.45) is -5.05. The third-order valence-electron chi connectivity index (χ3n) is 4.91. The summed E-state index contributed by atoms with van der Waals surface area (Å²) < 4.78 is 51.4. The summed E-state index contributed by atoms with van der Waals surface area (Å²) in [5, 5.41) is 18.9. The summed E-state index contributed by atoms with van der Waals surface area (Å²) in [7, 11) is 0. The molecule has 4 rings (SSSR count). The van der Waals surface area contributed by atoms with Crippen LogP contribution in [-0.4, -0.2) is 33.6 Å². The molecule has 1 amide bonds. The molecule has 0 radical (unpaired) electrons. The van der Waals surface area contributed by atoms with Gasteiger partial charge in [0.15, 0.2) is 0 Å². The quantitative estimate of drug-likeness (QED) is 0.370. The van der Waals surface area contributed by atoms with Gasteiger partial charge in [-0.1, -0.05) is 0 Å². The van der Waals surface area contributed by atoms with E-state index in [9.17, 15) is 32.9 Å². The maximum atomic E-state index is 13.8. The first kappa shape index (κ1) is 20.2. The molecule has 0 fully saturated rings. The van der Waals surface area contributed by atoms with Gasteiger partial charge < -0.3 is 20.5 Å².